The Kier molecular flexibility index (Phi) is 3.50. The van der Waals surface area contributed by atoms with Crippen molar-refractivity contribution in [2.24, 2.45) is 0 Å². The van der Waals surface area contributed by atoms with Gasteiger partial charge in [0.1, 0.15) is 0 Å². The molecule has 1 aromatic rings. The van der Waals surface area contributed by atoms with Crippen LogP contribution in [0, 0.1) is 13.8 Å². The van der Waals surface area contributed by atoms with Crippen molar-refractivity contribution >= 4 is 11.0 Å². The molecule has 2 aliphatic rings. The highest BCUT2D eigenvalue weighted by atomic mass is 16.5. The minimum atomic E-state index is -0.673. The number of fused-ring (bicyclic) bond motifs is 2. The highest BCUT2D eigenvalue weighted by molar-refractivity contribution is 5.81. The van der Waals surface area contributed by atoms with Gasteiger partial charge in [0.25, 0.3) is 5.56 Å². The highest BCUT2D eigenvalue weighted by Gasteiger charge is 2.18. The number of methoxy groups -OCH3 is 1. The molecule has 0 unspecified atom stereocenters. The summed E-state index contributed by atoms with van der Waals surface area (Å²) >= 11 is 0. The molecule has 0 fully saturated rings. The van der Waals surface area contributed by atoms with Crippen molar-refractivity contribution in [1.82, 2.24) is 19.5 Å². The van der Waals surface area contributed by atoms with Gasteiger partial charge in [-0.15, -0.1) is 0 Å². The molecule has 0 aliphatic carbocycles. The monoisotopic (exact) mass is 300 g/mol. The van der Waals surface area contributed by atoms with Crippen LogP contribution in [0.15, 0.2) is 21.7 Å². The number of hydrogen-bond acceptors (Lipinski definition) is 5. The second kappa shape index (κ2) is 5.34. The van der Waals surface area contributed by atoms with Gasteiger partial charge in [-0.3, -0.25) is 9.78 Å². The quantitative estimate of drug-likeness (QED) is 0.724. The molecule has 0 radical (unpaired) electrons. The van der Waals surface area contributed by atoms with E-state index in [0.29, 0.717) is 18.7 Å². The van der Waals surface area contributed by atoms with Crippen LogP contribution in [-0.2, 0) is 11.3 Å². The lowest BCUT2D eigenvalue weighted by molar-refractivity contribution is 0.188. The fraction of sp³-hybridized carbons (Fsp3) is 0.333. The molecular weight excluding hydrogens is 284 g/mol. The number of aryl methyl sites for hydroxylation is 2. The largest absolute Gasteiger partial charge is 0.383 e. The topological polar surface area (TPSA) is 89.9 Å². The molecule has 0 atom stereocenters. The first kappa shape index (κ1) is 14.4. The third kappa shape index (κ3) is 2.29. The van der Waals surface area contributed by atoms with Crippen LogP contribution in [0.2, 0.25) is 0 Å². The summed E-state index contributed by atoms with van der Waals surface area (Å²) in [7, 11) is 1.60. The maximum atomic E-state index is 12.0. The normalized spacial score (nSPS) is 11.4. The van der Waals surface area contributed by atoms with Crippen molar-refractivity contribution in [3.63, 3.8) is 0 Å². The van der Waals surface area contributed by atoms with Gasteiger partial charge in [-0.1, -0.05) is 0 Å². The first-order valence-electron chi connectivity index (χ1n) is 6.92. The zero-order valence-electron chi connectivity index (χ0n) is 12.6. The molecule has 2 heterocycles. The van der Waals surface area contributed by atoms with Crippen LogP contribution < -0.4 is 11.2 Å². The molecule has 1 aromatic carbocycles. The molecule has 0 aromatic heterocycles. The average Bonchev–Trinajstić information content (AvgIpc) is 2.46. The summed E-state index contributed by atoms with van der Waals surface area (Å²) in [5, 5.41) is 0. The number of nitrogens with zero attached hydrogens (tertiary/aromatic N) is 3. The molecular formula is C15H16N4O3. The molecule has 1 N–H and O–H groups in total. The number of nitrogens with one attached hydrogen (secondary N) is 1. The third-order valence-corrected chi connectivity index (χ3v) is 3.74. The van der Waals surface area contributed by atoms with Crippen LogP contribution in [0.1, 0.15) is 11.1 Å². The summed E-state index contributed by atoms with van der Waals surface area (Å²) < 4.78 is 6.93. The van der Waals surface area contributed by atoms with Crippen molar-refractivity contribution in [1.29, 1.82) is 0 Å². The van der Waals surface area contributed by atoms with Gasteiger partial charge >= 0.3 is 5.69 Å². The van der Waals surface area contributed by atoms with E-state index in [2.05, 4.69) is 15.0 Å². The van der Waals surface area contributed by atoms with Gasteiger partial charge in [0.2, 0.25) is 0 Å². The second-order valence-corrected chi connectivity index (χ2v) is 5.22. The zero-order chi connectivity index (χ0) is 15.9. The molecule has 0 spiro atoms. The van der Waals surface area contributed by atoms with Crippen molar-refractivity contribution in [3.05, 3.63) is 44.1 Å². The predicted molar refractivity (Wildman–Crippen MR) is 82.4 cm³/mol. The third-order valence-electron chi connectivity index (χ3n) is 3.74. The number of H-pyrrole nitrogens is 1. The Morgan fingerprint density at radius 3 is 2.64 bits per heavy atom. The Hall–Kier alpha value is -2.54. The predicted octanol–water partition coefficient (Wildman–Crippen LogP) is 0.848. The van der Waals surface area contributed by atoms with Gasteiger partial charge in [-0.2, -0.15) is 4.98 Å². The number of rotatable bonds is 3. The number of benzene rings is 1. The maximum absolute atomic E-state index is 12.0. The molecule has 7 nitrogen and oxygen atoms in total. The van der Waals surface area contributed by atoms with E-state index in [0.717, 1.165) is 16.6 Å². The minimum Gasteiger partial charge on any atom is -0.383 e. The van der Waals surface area contributed by atoms with Gasteiger partial charge in [-0.05, 0) is 37.1 Å². The smallest absolute Gasteiger partial charge is 0.349 e. The van der Waals surface area contributed by atoms with E-state index in [1.54, 1.807) is 7.11 Å². The molecule has 7 heteroatoms. The van der Waals surface area contributed by atoms with E-state index < -0.39 is 11.2 Å². The van der Waals surface area contributed by atoms with Gasteiger partial charge in [0, 0.05) is 13.7 Å². The van der Waals surface area contributed by atoms with E-state index in [4.69, 9.17) is 4.74 Å². The molecule has 0 saturated heterocycles. The van der Waals surface area contributed by atoms with Crippen molar-refractivity contribution in [2.75, 3.05) is 13.7 Å². The maximum Gasteiger partial charge on any atom is 0.349 e. The summed E-state index contributed by atoms with van der Waals surface area (Å²) in [5.74, 6) is 0.279. The Morgan fingerprint density at radius 1 is 1.18 bits per heavy atom. The molecule has 2 aliphatic heterocycles. The Morgan fingerprint density at radius 2 is 1.91 bits per heavy atom. The van der Waals surface area contributed by atoms with Gasteiger partial charge in [0.15, 0.2) is 11.5 Å². The summed E-state index contributed by atoms with van der Waals surface area (Å²) in [4.78, 5) is 34.0. The van der Waals surface area contributed by atoms with Gasteiger partial charge < -0.3 is 9.30 Å². The second-order valence-electron chi connectivity index (χ2n) is 5.22. The minimum absolute atomic E-state index is 0.159. The summed E-state index contributed by atoms with van der Waals surface area (Å²) in [6.07, 6.45) is 0. The summed E-state index contributed by atoms with van der Waals surface area (Å²) in [6.45, 7) is 4.91. The van der Waals surface area contributed by atoms with E-state index >= 15 is 0 Å². The number of ether oxygens (including phenoxy) is 1. The van der Waals surface area contributed by atoms with Crippen LogP contribution in [0.4, 0.5) is 0 Å². The van der Waals surface area contributed by atoms with E-state index in [9.17, 15) is 9.59 Å². The van der Waals surface area contributed by atoms with Crippen LogP contribution in [0.25, 0.3) is 22.6 Å². The molecule has 0 saturated carbocycles. The lowest BCUT2D eigenvalue weighted by atomic mass is 10.1. The molecule has 22 heavy (non-hydrogen) atoms. The van der Waals surface area contributed by atoms with E-state index in [1.165, 1.54) is 0 Å². The first-order chi connectivity index (χ1) is 10.5. The van der Waals surface area contributed by atoms with Crippen LogP contribution in [0.3, 0.4) is 0 Å². The van der Waals surface area contributed by atoms with E-state index in [1.807, 2.05) is 30.5 Å². The van der Waals surface area contributed by atoms with Crippen LogP contribution >= 0.6 is 0 Å². The number of hydrogen-bond donors (Lipinski definition) is 1. The van der Waals surface area contributed by atoms with Crippen LogP contribution in [-0.4, -0.2) is 33.2 Å². The Balaban J connectivity index is 2.47. The van der Waals surface area contributed by atoms with Gasteiger partial charge in [0.05, 0.1) is 17.6 Å². The summed E-state index contributed by atoms with van der Waals surface area (Å²) in [6, 6.07) is 3.91. The highest BCUT2D eigenvalue weighted by Crippen LogP contribution is 2.23. The fourth-order valence-corrected chi connectivity index (χ4v) is 2.46. The fourth-order valence-electron chi connectivity index (χ4n) is 2.46. The molecule has 0 bridgehead atoms. The lowest BCUT2D eigenvalue weighted by Gasteiger charge is -2.17. The zero-order valence-corrected chi connectivity index (χ0v) is 12.6. The number of aromatic amines is 1. The molecule has 0 amide bonds. The first-order valence-corrected chi connectivity index (χ1v) is 6.92. The SMILES string of the molecule is COCCn1c2nc(=O)[nH]c(=O)c-2nc2cc(C)c(C)cc21. The molecule has 3 rings (SSSR count). The van der Waals surface area contributed by atoms with E-state index in [-0.39, 0.29) is 11.5 Å². The van der Waals surface area contributed by atoms with Crippen molar-refractivity contribution < 1.29 is 4.74 Å². The Labute approximate surface area is 125 Å². The van der Waals surface area contributed by atoms with Crippen LogP contribution in [0.5, 0.6) is 0 Å². The van der Waals surface area contributed by atoms with Crippen molar-refractivity contribution in [2.45, 2.75) is 20.4 Å². The average molecular weight is 300 g/mol. The van der Waals surface area contributed by atoms with Gasteiger partial charge in [-0.25, -0.2) is 9.78 Å². The number of aromatic nitrogens is 4. The molecule has 114 valence electrons. The lowest BCUT2D eigenvalue weighted by Crippen LogP contribution is -2.29. The Bertz CT molecular complexity index is 942. The van der Waals surface area contributed by atoms with Crippen molar-refractivity contribution in [3.8, 4) is 11.5 Å². The standard InChI is InChI=1S/C15H16N4O3/c1-8-6-10-11(7-9(8)2)19(4-5-22-3)13-12(16-10)14(20)18-15(21)17-13/h6-7H,4-5H2,1-3H3,(H,18,20,21). The summed E-state index contributed by atoms with van der Waals surface area (Å²) in [5.41, 5.74) is 2.67.